The molecule has 8 heteroatoms. The minimum absolute atomic E-state index is 0.0430. The average molecular weight is 386 g/mol. The summed E-state index contributed by atoms with van der Waals surface area (Å²) in [5.41, 5.74) is 1.81. The van der Waals surface area contributed by atoms with Gasteiger partial charge in [0.15, 0.2) is 12.0 Å². The number of hydrogen-bond acceptors (Lipinski definition) is 4. The van der Waals surface area contributed by atoms with E-state index in [1.54, 1.807) is 36.4 Å². The Morgan fingerprint density at radius 1 is 1.22 bits per heavy atom. The van der Waals surface area contributed by atoms with Crippen molar-refractivity contribution < 1.29 is 19.4 Å². The Hall–Kier alpha value is -3.19. The van der Waals surface area contributed by atoms with Gasteiger partial charge in [-0.15, -0.1) is 0 Å². The van der Waals surface area contributed by atoms with Crippen molar-refractivity contribution in [2.24, 2.45) is 0 Å². The first-order chi connectivity index (χ1) is 13.0. The fraction of sp³-hybridized carbons (Fsp3) is 0.158. The van der Waals surface area contributed by atoms with Gasteiger partial charge in [0.05, 0.1) is 5.69 Å². The van der Waals surface area contributed by atoms with Gasteiger partial charge in [0.2, 0.25) is 0 Å². The number of nitrogens with one attached hydrogen (secondary N) is 3. The zero-order valence-corrected chi connectivity index (χ0v) is 14.8. The molecule has 27 heavy (non-hydrogen) atoms. The van der Waals surface area contributed by atoms with E-state index in [0.717, 1.165) is 10.9 Å². The largest absolute Gasteiger partial charge is 0.478 e. The number of carbonyl (C=O) groups excluding carboxylic acids is 1. The van der Waals surface area contributed by atoms with Crippen molar-refractivity contribution >= 4 is 40.1 Å². The number of carboxylic acids is 1. The Kier molecular flexibility index (Phi) is 4.37. The summed E-state index contributed by atoms with van der Waals surface area (Å²) >= 11 is 5.98. The Morgan fingerprint density at radius 2 is 2.07 bits per heavy atom. The maximum Gasteiger partial charge on any atom is 0.339 e. The number of aromatic amines is 1. The van der Waals surface area contributed by atoms with Crippen molar-refractivity contribution in [3.63, 3.8) is 0 Å². The molecule has 1 aromatic heterocycles. The molecule has 0 aliphatic carbocycles. The fourth-order valence-electron chi connectivity index (χ4n) is 3.06. The van der Waals surface area contributed by atoms with Crippen LogP contribution in [-0.2, 0) is 0 Å². The number of halogens is 1. The van der Waals surface area contributed by atoms with Crippen LogP contribution in [0, 0.1) is 0 Å². The minimum Gasteiger partial charge on any atom is -0.478 e. The van der Waals surface area contributed by atoms with E-state index in [-0.39, 0.29) is 17.2 Å². The summed E-state index contributed by atoms with van der Waals surface area (Å²) in [5.74, 6) is -1.21. The van der Waals surface area contributed by atoms with Crippen molar-refractivity contribution in [3.05, 3.63) is 58.7 Å². The van der Waals surface area contributed by atoms with E-state index in [4.69, 9.17) is 16.3 Å². The van der Waals surface area contributed by atoms with Crippen LogP contribution in [0.5, 0.6) is 5.75 Å². The maximum absolute atomic E-state index is 12.6. The quantitative estimate of drug-likeness (QED) is 0.552. The molecule has 0 saturated carbocycles. The predicted octanol–water partition coefficient (Wildman–Crippen LogP) is 3.47. The summed E-state index contributed by atoms with van der Waals surface area (Å²) in [6.07, 6.45) is -0.187. The van der Waals surface area contributed by atoms with Crippen LogP contribution in [0.4, 0.5) is 5.69 Å². The number of rotatable bonds is 3. The van der Waals surface area contributed by atoms with Gasteiger partial charge in [0, 0.05) is 28.9 Å². The number of H-pyrrole nitrogens is 1. The lowest BCUT2D eigenvalue weighted by atomic mass is 10.1. The summed E-state index contributed by atoms with van der Waals surface area (Å²) in [6, 6.07) is 11.9. The first-order valence-electron chi connectivity index (χ1n) is 8.37. The maximum atomic E-state index is 12.6. The molecule has 1 aliphatic rings. The monoisotopic (exact) mass is 385 g/mol. The molecule has 0 saturated heterocycles. The van der Waals surface area contributed by atoms with Crippen LogP contribution < -0.4 is 15.4 Å². The number of amides is 1. The van der Waals surface area contributed by atoms with Gasteiger partial charge in [-0.3, -0.25) is 4.79 Å². The Bertz CT molecular complexity index is 1050. The molecular weight excluding hydrogens is 370 g/mol. The molecule has 0 fully saturated rings. The Morgan fingerprint density at radius 3 is 2.89 bits per heavy atom. The minimum atomic E-state index is -1.09. The third-order valence-electron chi connectivity index (χ3n) is 4.35. The zero-order chi connectivity index (χ0) is 19.0. The molecule has 0 bridgehead atoms. The van der Waals surface area contributed by atoms with Gasteiger partial charge in [-0.2, -0.15) is 0 Å². The van der Waals surface area contributed by atoms with Crippen molar-refractivity contribution in [2.45, 2.75) is 12.6 Å². The second-order valence-corrected chi connectivity index (χ2v) is 6.63. The summed E-state index contributed by atoms with van der Waals surface area (Å²) in [5, 5.41) is 16.7. The highest BCUT2D eigenvalue weighted by atomic mass is 35.5. The van der Waals surface area contributed by atoms with E-state index >= 15 is 0 Å². The van der Waals surface area contributed by atoms with Gasteiger partial charge < -0.3 is 25.5 Å². The molecule has 0 spiro atoms. The highest BCUT2D eigenvalue weighted by Gasteiger charge is 2.24. The number of carbonyl (C=O) groups is 2. The summed E-state index contributed by atoms with van der Waals surface area (Å²) < 4.78 is 5.82. The van der Waals surface area contributed by atoms with Crippen LogP contribution >= 0.6 is 11.6 Å². The van der Waals surface area contributed by atoms with E-state index in [2.05, 4.69) is 15.6 Å². The molecule has 4 N–H and O–H groups in total. The molecule has 3 aromatic rings. The molecule has 7 nitrogen and oxygen atoms in total. The van der Waals surface area contributed by atoms with Gasteiger partial charge in [-0.05, 0) is 36.4 Å². The molecule has 1 unspecified atom stereocenters. The molecule has 138 valence electrons. The van der Waals surface area contributed by atoms with E-state index in [9.17, 15) is 14.7 Å². The number of aromatic carboxylic acids is 1. The smallest absolute Gasteiger partial charge is 0.339 e. The number of hydrogen-bond donors (Lipinski definition) is 4. The van der Waals surface area contributed by atoms with E-state index in [1.807, 2.05) is 0 Å². The van der Waals surface area contributed by atoms with E-state index in [1.165, 1.54) is 6.07 Å². The normalized spacial score (nSPS) is 16.0. The van der Waals surface area contributed by atoms with Crippen molar-refractivity contribution in [1.82, 2.24) is 10.3 Å². The number of para-hydroxylation sites is 1. The number of anilines is 1. The van der Waals surface area contributed by atoms with Gasteiger partial charge in [0.25, 0.3) is 5.91 Å². The lowest BCUT2D eigenvalue weighted by Gasteiger charge is -2.19. The summed E-state index contributed by atoms with van der Waals surface area (Å²) in [4.78, 5) is 27.1. The zero-order valence-electron chi connectivity index (χ0n) is 14.1. The van der Waals surface area contributed by atoms with Crippen LogP contribution in [0.3, 0.4) is 0 Å². The number of ether oxygens (including phenoxy) is 1. The molecule has 0 radical (unpaired) electrons. The standard InChI is InChI=1S/C19H16ClN3O4/c20-11-4-5-13-10(8-11)9-15(22-13)18(24)23-16-6-7-21-14-3-1-2-12(19(25)26)17(14)27-16/h1-5,8-9,16,21-22H,6-7H2,(H,23,24)(H,25,26). The van der Waals surface area contributed by atoms with Gasteiger partial charge in [-0.25, -0.2) is 4.79 Å². The van der Waals surface area contributed by atoms with Crippen LogP contribution in [0.25, 0.3) is 10.9 Å². The van der Waals surface area contributed by atoms with E-state index < -0.39 is 12.2 Å². The predicted molar refractivity (Wildman–Crippen MR) is 102 cm³/mol. The SMILES string of the molecule is O=C(NC1CCNc2cccc(C(=O)O)c2O1)c1cc2cc(Cl)ccc2[nH]1. The topological polar surface area (TPSA) is 103 Å². The van der Waals surface area contributed by atoms with Gasteiger partial charge in [-0.1, -0.05) is 17.7 Å². The van der Waals surface area contributed by atoms with Crippen molar-refractivity contribution in [3.8, 4) is 5.75 Å². The van der Waals surface area contributed by atoms with Crippen LogP contribution in [0.1, 0.15) is 27.3 Å². The van der Waals surface area contributed by atoms with Crippen molar-refractivity contribution in [2.75, 3.05) is 11.9 Å². The number of carboxylic acid groups (broad SMARTS) is 1. The third-order valence-corrected chi connectivity index (χ3v) is 4.58. The van der Waals surface area contributed by atoms with E-state index in [0.29, 0.717) is 29.4 Å². The highest BCUT2D eigenvalue weighted by Crippen LogP contribution is 2.32. The van der Waals surface area contributed by atoms with Crippen molar-refractivity contribution in [1.29, 1.82) is 0 Å². The molecule has 2 aromatic carbocycles. The lowest BCUT2D eigenvalue weighted by molar-refractivity contribution is 0.0685. The van der Waals surface area contributed by atoms with Gasteiger partial charge >= 0.3 is 5.97 Å². The number of aromatic nitrogens is 1. The van der Waals surface area contributed by atoms with Gasteiger partial charge in [0.1, 0.15) is 11.3 Å². The lowest BCUT2D eigenvalue weighted by Crippen LogP contribution is -2.39. The molecule has 1 aliphatic heterocycles. The first-order valence-corrected chi connectivity index (χ1v) is 8.75. The number of fused-ring (bicyclic) bond motifs is 2. The van der Waals surface area contributed by atoms with Crippen LogP contribution in [0.15, 0.2) is 42.5 Å². The summed E-state index contributed by atoms with van der Waals surface area (Å²) in [6.45, 7) is 0.531. The molecule has 4 rings (SSSR count). The Balaban J connectivity index is 1.57. The molecular formula is C19H16ClN3O4. The van der Waals surface area contributed by atoms with Crippen LogP contribution in [0.2, 0.25) is 5.02 Å². The second kappa shape index (κ2) is 6.85. The first kappa shape index (κ1) is 17.2. The molecule has 1 atom stereocenters. The molecule has 2 heterocycles. The summed E-state index contributed by atoms with van der Waals surface area (Å²) in [7, 11) is 0. The third kappa shape index (κ3) is 3.41. The molecule has 1 amide bonds. The fourth-order valence-corrected chi connectivity index (χ4v) is 3.24. The average Bonchev–Trinajstić information content (AvgIpc) is 2.94. The number of benzene rings is 2. The highest BCUT2D eigenvalue weighted by molar-refractivity contribution is 6.31. The Labute approximate surface area is 159 Å². The second-order valence-electron chi connectivity index (χ2n) is 6.20. The van der Waals surface area contributed by atoms with Crippen LogP contribution in [-0.4, -0.2) is 34.7 Å².